The second-order valence-electron chi connectivity index (χ2n) is 5.48. The lowest BCUT2D eigenvalue weighted by Gasteiger charge is -2.13. The van der Waals surface area contributed by atoms with Crippen LogP contribution in [0.1, 0.15) is 21.5 Å². The predicted octanol–water partition coefficient (Wildman–Crippen LogP) is 2.88. The van der Waals surface area contributed by atoms with Gasteiger partial charge in [0.2, 0.25) is 0 Å². The topological polar surface area (TPSA) is 58.6 Å². The number of carbonyl (C=O) groups is 2. The van der Waals surface area contributed by atoms with E-state index >= 15 is 0 Å². The van der Waals surface area contributed by atoms with Gasteiger partial charge in [0.15, 0.2) is 0 Å². The number of cyclic esters (lactones) is 1. The number of anilines is 1. The van der Waals surface area contributed by atoms with Gasteiger partial charge in [0, 0.05) is 17.8 Å². The van der Waals surface area contributed by atoms with Gasteiger partial charge in [0.1, 0.15) is 6.61 Å². The summed E-state index contributed by atoms with van der Waals surface area (Å²) in [6.07, 6.45) is -0.346. The quantitative estimate of drug-likeness (QED) is 0.944. The number of hydrogen-bond acceptors (Lipinski definition) is 3. The summed E-state index contributed by atoms with van der Waals surface area (Å²) in [5, 5.41) is 2.89. The summed E-state index contributed by atoms with van der Waals surface area (Å²) in [4.78, 5) is 25.2. The fourth-order valence-corrected chi connectivity index (χ4v) is 2.41. The highest BCUT2D eigenvalue weighted by Crippen LogP contribution is 2.19. The molecule has 2 aromatic rings. The van der Waals surface area contributed by atoms with Crippen molar-refractivity contribution in [3.05, 3.63) is 65.2 Å². The fraction of sp³-hybridized carbons (Fsp3) is 0.222. The summed E-state index contributed by atoms with van der Waals surface area (Å²) in [6.45, 7) is 3.45. The smallest absolute Gasteiger partial charge is 0.414 e. The molecule has 0 unspecified atom stereocenters. The van der Waals surface area contributed by atoms with Crippen LogP contribution < -0.4 is 10.2 Å². The molecular weight excluding hydrogens is 292 g/mol. The number of ether oxygens (including phenoxy) is 1. The van der Waals surface area contributed by atoms with Crippen molar-refractivity contribution >= 4 is 17.7 Å². The van der Waals surface area contributed by atoms with Gasteiger partial charge in [-0.15, -0.1) is 0 Å². The minimum Gasteiger partial charge on any atom is -0.447 e. The minimum atomic E-state index is -0.346. The number of nitrogens with one attached hydrogen (secondary N) is 1. The zero-order valence-electron chi connectivity index (χ0n) is 12.9. The molecule has 0 aliphatic carbocycles. The highest BCUT2D eigenvalue weighted by molar-refractivity contribution is 5.95. The van der Waals surface area contributed by atoms with Crippen LogP contribution in [0.25, 0.3) is 0 Å². The molecule has 5 nitrogen and oxygen atoms in total. The van der Waals surface area contributed by atoms with Crippen molar-refractivity contribution < 1.29 is 14.3 Å². The van der Waals surface area contributed by atoms with E-state index in [-0.39, 0.29) is 12.0 Å². The Morgan fingerprint density at radius 2 is 1.83 bits per heavy atom. The number of carbonyl (C=O) groups excluding carboxylic acids is 2. The largest absolute Gasteiger partial charge is 0.447 e. The van der Waals surface area contributed by atoms with Crippen molar-refractivity contribution in [3.8, 4) is 0 Å². The highest BCUT2D eigenvalue weighted by atomic mass is 16.6. The maximum absolute atomic E-state index is 12.2. The third kappa shape index (κ3) is 3.51. The fourth-order valence-electron chi connectivity index (χ4n) is 2.41. The summed E-state index contributed by atoms with van der Waals surface area (Å²) < 4.78 is 4.90. The van der Waals surface area contributed by atoms with Crippen molar-refractivity contribution in [2.45, 2.75) is 13.5 Å². The van der Waals surface area contributed by atoms with E-state index in [1.165, 1.54) is 5.56 Å². The van der Waals surface area contributed by atoms with E-state index in [0.29, 0.717) is 25.3 Å². The molecule has 3 rings (SSSR count). The first-order valence-corrected chi connectivity index (χ1v) is 7.51. The van der Waals surface area contributed by atoms with Crippen LogP contribution in [0, 0.1) is 6.92 Å². The molecule has 2 amide bonds. The van der Waals surface area contributed by atoms with Crippen molar-refractivity contribution in [1.29, 1.82) is 0 Å². The molecule has 0 saturated carbocycles. The first-order chi connectivity index (χ1) is 11.1. The first kappa shape index (κ1) is 15.1. The molecule has 0 bridgehead atoms. The van der Waals surface area contributed by atoms with E-state index in [1.54, 1.807) is 29.2 Å². The number of rotatable bonds is 4. The molecule has 0 radical (unpaired) electrons. The molecule has 23 heavy (non-hydrogen) atoms. The summed E-state index contributed by atoms with van der Waals surface area (Å²) in [5.41, 5.74) is 3.55. The predicted molar refractivity (Wildman–Crippen MR) is 87.5 cm³/mol. The van der Waals surface area contributed by atoms with Crippen molar-refractivity contribution in [3.63, 3.8) is 0 Å². The molecule has 0 aromatic heterocycles. The Bertz CT molecular complexity index is 708. The number of nitrogens with zero attached hydrogens (tertiary/aromatic N) is 1. The Morgan fingerprint density at radius 1 is 1.13 bits per heavy atom. The highest BCUT2D eigenvalue weighted by Gasteiger charge is 2.23. The van der Waals surface area contributed by atoms with E-state index in [4.69, 9.17) is 4.74 Å². The second-order valence-corrected chi connectivity index (χ2v) is 5.48. The molecular formula is C18H18N2O3. The van der Waals surface area contributed by atoms with Gasteiger partial charge in [-0.2, -0.15) is 0 Å². The molecule has 0 spiro atoms. The van der Waals surface area contributed by atoms with E-state index in [2.05, 4.69) is 5.32 Å². The van der Waals surface area contributed by atoms with Crippen molar-refractivity contribution in [2.24, 2.45) is 0 Å². The van der Waals surface area contributed by atoms with E-state index in [0.717, 1.165) is 11.3 Å². The third-order valence-corrected chi connectivity index (χ3v) is 3.78. The van der Waals surface area contributed by atoms with Crippen LogP contribution in [0.5, 0.6) is 0 Å². The van der Waals surface area contributed by atoms with Gasteiger partial charge in [-0.05, 0) is 36.8 Å². The van der Waals surface area contributed by atoms with Crippen LogP contribution in [0.15, 0.2) is 48.5 Å². The Labute approximate surface area is 134 Å². The van der Waals surface area contributed by atoms with Gasteiger partial charge < -0.3 is 10.1 Å². The Morgan fingerprint density at radius 3 is 2.43 bits per heavy atom. The number of aryl methyl sites for hydroxylation is 1. The van der Waals surface area contributed by atoms with Crippen LogP contribution in [0.3, 0.4) is 0 Å². The van der Waals surface area contributed by atoms with Crippen LogP contribution >= 0.6 is 0 Å². The van der Waals surface area contributed by atoms with Crippen molar-refractivity contribution in [2.75, 3.05) is 18.1 Å². The molecule has 1 saturated heterocycles. The van der Waals surface area contributed by atoms with Crippen LogP contribution in [-0.4, -0.2) is 25.2 Å². The van der Waals surface area contributed by atoms with Crippen LogP contribution in [0.2, 0.25) is 0 Å². The lowest BCUT2D eigenvalue weighted by atomic mass is 10.1. The van der Waals surface area contributed by atoms with Crippen molar-refractivity contribution in [1.82, 2.24) is 5.32 Å². The number of hydrogen-bond donors (Lipinski definition) is 1. The molecule has 1 aliphatic heterocycles. The van der Waals surface area contributed by atoms with Gasteiger partial charge in [0.05, 0.1) is 6.54 Å². The first-order valence-electron chi connectivity index (χ1n) is 7.51. The van der Waals surface area contributed by atoms with Gasteiger partial charge in [0.25, 0.3) is 5.91 Å². The van der Waals surface area contributed by atoms with Crippen LogP contribution in [0.4, 0.5) is 10.5 Å². The summed E-state index contributed by atoms with van der Waals surface area (Å²) in [6, 6.07) is 15.0. The SMILES string of the molecule is Cc1ccc(CNC(=O)c2ccc(N3CCOC3=O)cc2)cc1. The Balaban J connectivity index is 1.61. The molecule has 1 fully saturated rings. The Kier molecular flexibility index (Phi) is 4.28. The maximum atomic E-state index is 12.2. The second kappa shape index (κ2) is 6.52. The molecule has 1 N–H and O–H groups in total. The molecule has 0 atom stereocenters. The monoisotopic (exact) mass is 310 g/mol. The van der Waals surface area contributed by atoms with Gasteiger partial charge in [-0.1, -0.05) is 29.8 Å². The van der Waals surface area contributed by atoms with E-state index in [9.17, 15) is 9.59 Å². The number of benzene rings is 2. The maximum Gasteiger partial charge on any atom is 0.414 e. The zero-order valence-corrected chi connectivity index (χ0v) is 12.9. The Hall–Kier alpha value is -2.82. The lowest BCUT2D eigenvalue weighted by molar-refractivity contribution is 0.0951. The molecule has 1 aliphatic rings. The summed E-state index contributed by atoms with van der Waals surface area (Å²) in [7, 11) is 0. The minimum absolute atomic E-state index is 0.138. The van der Waals surface area contributed by atoms with Gasteiger partial charge >= 0.3 is 6.09 Å². The van der Waals surface area contributed by atoms with Crippen LogP contribution in [-0.2, 0) is 11.3 Å². The third-order valence-electron chi connectivity index (χ3n) is 3.78. The van der Waals surface area contributed by atoms with E-state index < -0.39 is 0 Å². The van der Waals surface area contributed by atoms with Gasteiger partial charge in [-0.25, -0.2) is 4.79 Å². The standard InChI is InChI=1S/C18H18N2O3/c1-13-2-4-14(5-3-13)12-19-17(21)15-6-8-16(9-7-15)20-10-11-23-18(20)22/h2-9H,10-12H2,1H3,(H,19,21). The molecule has 118 valence electrons. The average molecular weight is 310 g/mol. The average Bonchev–Trinajstić information content (AvgIpc) is 3.00. The number of amides is 2. The van der Waals surface area contributed by atoms with Gasteiger partial charge in [-0.3, -0.25) is 9.69 Å². The summed E-state index contributed by atoms with van der Waals surface area (Å²) in [5.74, 6) is -0.138. The zero-order chi connectivity index (χ0) is 16.2. The molecule has 1 heterocycles. The summed E-state index contributed by atoms with van der Waals surface area (Å²) >= 11 is 0. The molecule has 5 heteroatoms. The van der Waals surface area contributed by atoms with E-state index in [1.807, 2.05) is 31.2 Å². The molecule has 2 aromatic carbocycles. The normalized spacial score (nSPS) is 13.8. The lowest BCUT2D eigenvalue weighted by Crippen LogP contribution is -2.24.